The van der Waals surface area contributed by atoms with Crippen molar-refractivity contribution in [2.75, 3.05) is 6.54 Å². The minimum absolute atomic E-state index is 0.0868. The van der Waals surface area contributed by atoms with Gasteiger partial charge < -0.3 is 14.0 Å². The van der Waals surface area contributed by atoms with Gasteiger partial charge in [0.1, 0.15) is 17.3 Å². The number of hydrogen-bond acceptors (Lipinski definition) is 6. The van der Waals surface area contributed by atoms with E-state index in [0.717, 1.165) is 21.4 Å². The van der Waals surface area contributed by atoms with Crippen LogP contribution in [0, 0.1) is 11.3 Å². The molecule has 0 atom stereocenters. The van der Waals surface area contributed by atoms with Crippen molar-refractivity contribution in [3.05, 3.63) is 66.8 Å². The van der Waals surface area contributed by atoms with Gasteiger partial charge in [-0.1, -0.05) is 42.5 Å². The molecule has 37 heavy (non-hydrogen) atoms. The van der Waals surface area contributed by atoms with E-state index in [2.05, 4.69) is 23.2 Å². The highest BCUT2D eigenvalue weighted by Gasteiger charge is 2.30. The van der Waals surface area contributed by atoms with Gasteiger partial charge in [-0.25, -0.2) is 19.5 Å². The standard InChI is InChI=1S/C29H34N4O4/c1-28(2,3)36-26(34)33(27(35)37-29(4,5)6)17-10-9-13-22(18-30)24-19-32(20-31-24)25-16-11-14-21-12-7-8-15-23(21)25/h7-8,11-16,19-20H,9-10,17H2,1-6H3/b22-13+. The molecule has 3 aromatic rings. The van der Waals surface area contributed by atoms with Crippen molar-refractivity contribution in [1.82, 2.24) is 14.5 Å². The van der Waals surface area contributed by atoms with E-state index in [-0.39, 0.29) is 6.54 Å². The van der Waals surface area contributed by atoms with E-state index >= 15 is 0 Å². The van der Waals surface area contributed by atoms with E-state index in [9.17, 15) is 14.9 Å². The topological polar surface area (TPSA) is 97.5 Å². The third-order valence-electron chi connectivity index (χ3n) is 5.19. The van der Waals surface area contributed by atoms with Crippen molar-refractivity contribution in [2.24, 2.45) is 0 Å². The Bertz CT molecular complexity index is 1300. The summed E-state index contributed by atoms with van der Waals surface area (Å²) in [5, 5.41) is 11.9. The zero-order chi connectivity index (χ0) is 27.2. The van der Waals surface area contributed by atoms with Gasteiger partial charge in [-0.3, -0.25) is 0 Å². The highest BCUT2D eigenvalue weighted by atomic mass is 16.6. The number of aromatic nitrogens is 2. The fraction of sp³-hybridized carbons (Fsp3) is 0.379. The van der Waals surface area contributed by atoms with Crippen molar-refractivity contribution in [2.45, 2.75) is 65.6 Å². The predicted molar refractivity (Wildman–Crippen MR) is 143 cm³/mol. The zero-order valence-corrected chi connectivity index (χ0v) is 22.3. The lowest BCUT2D eigenvalue weighted by molar-refractivity contribution is 0.00133. The Labute approximate surface area is 218 Å². The van der Waals surface area contributed by atoms with E-state index in [0.29, 0.717) is 24.1 Å². The summed E-state index contributed by atoms with van der Waals surface area (Å²) in [7, 11) is 0. The second kappa shape index (κ2) is 11.3. The lowest BCUT2D eigenvalue weighted by atomic mass is 10.1. The van der Waals surface area contributed by atoms with Crippen LogP contribution in [0.2, 0.25) is 0 Å². The Morgan fingerprint density at radius 2 is 1.62 bits per heavy atom. The number of hydrogen-bond donors (Lipinski definition) is 0. The molecule has 0 aliphatic rings. The molecule has 8 heteroatoms. The maximum Gasteiger partial charge on any atom is 0.419 e. The van der Waals surface area contributed by atoms with Crippen molar-refractivity contribution < 1.29 is 19.1 Å². The zero-order valence-electron chi connectivity index (χ0n) is 22.3. The van der Waals surface area contributed by atoms with Gasteiger partial charge in [-0.2, -0.15) is 5.26 Å². The lowest BCUT2D eigenvalue weighted by Crippen LogP contribution is -2.44. The van der Waals surface area contributed by atoms with Gasteiger partial charge in [0.05, 0.1) is 23.3 Å². The number of benzene rings is 2. The SMILES string of the molecule is CC(C)(C)OC(=O)N(CCC/C=C(\C#N)c1cn(-c2cccc3ccccc23)cn1)C(=O)OC(C)(C)C. The molecule has 8 nitrogen and oxygen atoms in total. The molecule has 0 aliphatic carbocycles. The summed E-state index contributed by atoms with van der Waals surface area (Å²) >= 11 is 0. The lowest BCUT2D eigenvalue weighted by Gasteiger charge is -2.28. The Kier molecular flexibility index (Phi) is 8.38. The van der Waals surface area contributed by atoms with Gasteiger partial charge in [0.25, 0.3) is 0 Å². The molecule has 3 rings (SSSR count). The second-order valence-corrected chi connectivity index (χ2v) is 10.6. The fourth-order valence-corrected chi connectivity index (χ4v) is 3.62. The smallest absolute Gasteiger partial charge is 0.419 e. The second-order valence-electron chi connectivity index (χ2n) is 10.6. The highest BCUT2D eigenvalue weighted by Crippen LogP contribution is 2.24. The van der Waals surface area contributed by atoms with Gasteiger partial charge in [-0.15, -0.1) is 0 Å². The maximum atomic E-state index is 12.6. The molecule has 0 radical (unpaired) electrons. The normalized spacial score (nSPS) is 12.2. The third kappa shape index (κ3) is 7.68. The minimum Gasteiger partial charge on any atom is -0.443 e. The number of imidazole rings is 1. The van der Waals surface area contributed by atoms with E-state index in [1.807, 2.05) is 41.1 Å². The number of unbranched alkanes of at least 4 members (excludes halogenated alkanes) is 1. The number of amides is 2. The molecule has 0 unspecified atom stereocenters. The first-order valence-corrected chi connectivity index (χ1v) is 12.2. The molecular formula is C29H34N4O4. The first-order chi connectivity index (χ1) is 17.4. The molecule has 2 amide bonds. The summed E-state index contributed by atoms with van der Waals surface area (Å²) in [6.45, 7) is 10.5. The van der Waals surface area contributed by atoms with Crippen molar-refractivity contribution >= 4 is 28.5 Å². The van der Waals surface area contributed by atoms with Gasteiger partial charge in [-0.05, 0) is 65.8 Å². The number of carbonyl (C=O) groups excluding carboxylic acids is 2. The monoisotopic (exact) mass is 502 g/mol. The van der Waals surface area contributed by atoms with Crippen molar-refractivity contribution in [1.29, 1.82) is 5.26 Å². The molecule has 2 aromatic carbocycles. The summed E-state index contributed by atoms with van der Waals surface area (Å²) in [6.07, 6.45) is 4.62. The molecule has 0 aliphatic heterocycles. The number of imide groups is 1. The first-order valence-electron chi connectivity index (χ1n) is 12.2. The van der Waals surface area contributed by atoms with Crippen LogP contribution in [0.5, 0.6) is 0 Å². The van der Waals surface area contributed by atoms with Crippen LogP contribution in [-0.4, -0.2) is 44.4 Å². The molecule has 0 saturated carbocycles. The van der Waals surface area contributed by atoms with Crippen LogP contribution in [-0.2, 0) is 9.47 Å². The molecule has 0 bridgehead atoms. The summed E-state index contributed by atoms with van der Waals surface area (Å²) in [6, 6.07) is 16.3. The van der Waals surface area contributed by atoms with Gasteiger partial charge in [0, 0.05) is 18.1 Å². The minimum atomic E-state index is -0.764. The van der Waals surface area contributed by atoms with Crippen LogP contribution in [0.1, 0.15) is 60.1 Å². The molecule has 0 fully saturated rings. The van der Waals surface area contributed by atoms with Crippen LogP contribution >= 0.6 is 0 Å². The number of carbonyl (C=O) groups is 2. The Hall–Kier alpha value is -4.12. The number of nitrogens with zero attached hydrogens (tertiary/aromatic N) is 4. The van der Waals surface area contributed by atoms with Crippen molar-refractivity contribution in [3.8, 4) is 11.8 Å². The van der Waals surface area contributed by atoms with Crippen LogP contribution in [0.4, 0.5) is 9.59 Å². The number of fused-ring (bicyclic) bond motifs is 1. The third-order valence-corrected chi connectivity index (χ3v) is 5.19. The van der Waals surface area contributed by atoms with Crippen LogP contribution < -0.4 is 0 Å². The van der Waals surface area contributed by atoms with E-state index < -0.39 is 23.4 Å². The summed E-state index contributed by atoms with van der Waals surface area (Å²) in [5.74, 6) is 0. The molecular weight excluding hydrogens is 468 g/mol. The number of nitriles is 1. The number of ether oxygens (including phenoxy) is 2. The first kappa shape index (κ1) is 27.5. The van der Waals surface area contributed by atoms with E-state index in [4.69, 9.17) is 9.47 Å². The van der Waals surface area contributed by atoms with Crippen LogP contribution in [0.15, 0.2) is 61.1 Å². The van der Waals surface area contributed by atoms with Crippen molar-refractivity contribution in [3.63, 3.8) is 0 Å². The van der Waals surface area contributed by atoms with E-state index in [1.54, 1.807) is 53.9 Å². The largest absolute Gasteiger partial charge is 0.443 e. The molecule has 0 N–H and O–H groups in total. The molecule has 1 aromatic heterocycles. The Morgan fingerprint density at radius 3 is 2.24 bits per heavy atom. The Morgan fingerprint density at radius 1 is 1.00 bits per heavy atom. The average molecular weight is 503 g/mol. The van der Waals surface area contributed by atoms with Crippen LogP contribution in [0.3, 0.4) is 0 Å². The van der Waals surface area contributed by atoms with Gasteiger partial charge in [0.15, 0.2) is 0 Å². The fourth-order valence-electron chi connectivity index (χ4n) is 3.62. The highest BCUT2D eigenvalue weighted by molar-refractivity contribution is 5.90. The summed E-state index contributed by atoms with van der Waals surface area (Å²) in [4.78, 5) is 30.7. The van der Waals surface area contributed by atoms with Gasteiger partial charge in [0.2, 0.25) is 0 Å². The quantitative estimate of drug-likeness (QED) is 0.269. The average Bonchev–Trinajstić information content (AvgIpc) is 3.28. The molecule has 0 saturated heterocycles. The summed E-state index contributed by atoms with van der Waals surface area (Å²) < 4.78 is 12.7. The predicted octanol–water partition coefficient (Wildman–Crippen LogP) is 6.88. The van der Waals surface area contributed by atoms with Gasteiger partial charge >= 0.3 is 12.2 Å². The van der Waals surface area contributed by atoms with Crippen LogP contribution in [0.25, 0.3) is 22.0 Å². The summed E-state index contributed by atoms with van der Waals surface area (Å²) in [5.41, 5.74) is 0.425. The molecule has 1 heterocycles. The van der Waals surface area contributed by atoms with E-state index in [1.165, 1.54) is 0 Å². The molecule has 0 spiro atoms. The Balaban J connectivity index is 1.72. The number of rotatable bonds is 6. The molecule has 194 valence electrons. The number of allylic oxidation sites excluding steroid dienone is 2. The maximum absolute atomic E-state index is 12.6.